The first-order chi connectivity index (χ1) is 9.56. The van der Waals surface area contributed by atoms with Crippen molar-refractivity contribution in [2.75, 3.05) is 0 Å². The minimum Gasteiger partial charge on any atom is -0.292 e. The topological polar surface area (TPSA) is 47.8 Å². The summed E-state index contributed by atoms with van der Waals surface area (Å²) >= 11 is 3.37. The van der Waals surface area contributed by atoms with E-state index in [9.17, 15) is 4.79 Å². The van der Waals surface area contributed by atoms with Crippen molar-refractivity contribution in [2.24, 2.45) is 0 Å². The summed E-state index contributed by atoms with van der Waals surface area (Å²) in [6.45, 7) is 5.91. The molecule has 1 aromatic heterocycles. The third-order valence-corrected chi connectivity index (χ3v) is 3.78. The fourth-order valence-electron chi connectivity index (χ4n) is 2.07. The molecule has 0 aliphatic heterocycles. The number of hydrogen-bond donors (Lipinski definition) is 0. The monoisotopic (exact) mass is 335 g/mol. The van der Waals surface area contributed by atoms with Gasteiger partial charge in [-0.2, -0.15) is 5.10 Å². The molecular weight excluding hydrogens is 318 g/mol. The van der Waals surface area contributed by atoms with E-state index in [0.717, 1.165) is 29.0 Å². The van der Waals surface area contributed by atoms with Crippen molar-refractivity contribution in [1.29, 1.82) is 0 Å². The summed E-state index contributed by atoms with van der Waals surface area (Å²) in [5, 5.41) is 4.44. The van der Waals surface area contributed by atoms with Gasteiger partial charge in [0.15, 0.2) is 11.6 Å². The number of halogens is 1. The van der Waals surface area contributed by atoms with Crippen molar-refractivity contribution in [2.45, 2.75) is 39.7 Å². The average molecular weight is 336 g/mol. The summed E-state index contributed by atoms with van der Waals surface area (Å²) in [5.41, 5.74) is 0.691. The Hall–Kier alpha value is -1.49. The van der Waals surface area contributed by atoms with E-state index in [1.807, 2.05) is 45.0 Å². The van der Waals surface area contributed by atoms with E-state index in [4.69, 9.17) is 0 Å². The molecule has 0 saturated carbocycles. The Kier molecular flexibility index (Phi) is 4.70. The van der Waals surface area contributed by atoms with E-state index >= 15 is 0 Å². The third kappa shape index (κ3) is 2.98. The lowest BCUT2D eigenvalue weighted by atomic mass is 10.1. The molecule has 1 atom stereocenters. The molecule has 2 aromatic rings. The van der Waals surface area contributed by atoms with Gasteiger partial charge in [0.2, 0.25) is 0 Å². The minimum atomic E-state index is -0.334. The van der Waals surface area contributed by atoms with Gasteiger partial charge in [0.25, 0.3) is 0 Å². The zero-order valence-electron chi connectivity index (χ0n) is 11.9. The number of aromatic nitrogens is 3. The number of ketones is 1. The normalized spacial score (nSPS) is 12.4. The Morgan fingerprint density at radius 1 is 1.25 bits per heavy atom. The van der Waals surface area contributed by atoms with E-state index in [1.165, 1.54) is 0 Å². The van der Waals surface area contributed by atoms with Gasteiger partial charge < -0.3 is 0 Å². The lowest BCUT2D eigenvalue weighted by Crippen LogP contribution is -2.20. The van der Waals surface area contributed by atoms with E-state index in [0.29, 0.717) is 5.56 Å². The molecule has 1 unspecified atom stereocenters. The van der Waals surface area contributed by atoms with Crippen molar-refractivity contribution in [3.63, 3.8) is 0 Å². The molecule has 0 aliphatic rings. The van der Waals surface area contributed by atoms with Gasteiger partial charge in [0.05, 0.1) is 0 Å². The van der Waals surface area contributed by atoms with Crippen molar-refractivity contribution in [3.8, 4) is 0 Å². The third-order valence-electron chi connectivity index (χ3n) is 3.25. The average Bonchev–Trinajstić information content (AvgIpc) is 2.90. The van der Waals surface area contributed by atoms with Crippen LogP contribution in [0.3, 0.4) is 0 Å². The molecule has 4 nitrogen and oxygen atoms in total. The first kappa shape index (κ1) is 14.9. The van der Waals surface area contributed by atoms with Crippen LogP contribution in [0.2, 0.25) is 0 Å². The van der Waals surface area contributed by atoms with Gasteiger partial charge in [0.1, 0.15) is 11.9 Å². The van der Waals surface area contributed by atoms with Crippen LogP contribution in [0.4, 0.5) is 0 Å². The summed E-state index contributed by atoms with van der Waals surface area (Å²) in [7, 11) is 0. The van der Waals surface area contributed by atoms with Crippen LogP contribution in [0, 0.1) is 0 Å². The number of carbonyl (C=O) groups is 1. The first-order valence-electron chi connectivity index (χ1n) is 6.80. The molecule has 0 amide bonds. The second kappa shape index (κ2) is 6.31. The molecule has 5 heteroatoms. The predicted molar refractivity (Wildman–Crippen MR) is 82.0 cm³/mol. The number of benzene rings is 1. The Balaban J connectivity index is 2.30. The highest BCUT2D eigenvalue weighted by atomic mass is 79.9. The molecule has 0 spiro atoms. The van der Waals surface area contributed by atoms with Crippen LogP contribution in [-0.2, 0) is 12.8 Å². The molecule has 0 bridgehead atoms. The maximum atomic E-state index is 12.5. The Morgan fingerprint density at radius 2 is 1.90 bits per heavy atom. The highest BCUT2D eigenvalue weighted by Crippen LogP contribution is 2.18. The molecular formula is C15H18BrN3O. The van der Waals surface area contributed by atoms with Crippen molar-refractivity contribution in [1.82, 2.24) is 14.8 Å². The van der Waals surface area contributed by atoms with Crippen LogP contribution < -0.4 is 0 Å². The maximum Gasteiger partial charge on any atom is 0.187 e. The zero-order valence-corrected chi connectivity index (χ0v) is 13.5. The minimum absolute atomic E-state index is 0.0553. The molecule has 106 valence electrons. The number of hydrogen-bond acceptors (Lipinski definition) is 3. The number of nitrogens with zero attached hydrogens (tertiary/aromatic N) is 3. The molecule has 0 fully saturated rings. The van der Waals surface area contributed by atoms with E-state index in [-0.39, 0.29) is 11.8 Å². The van der Waals surface area contributed by atoms with Crippen LogP contribution in [-0.4, -0.2) is 20.5 Å². The molecule has 0 aliphatic carbocycles. The molecule has 20 heavy (non-hydrogen) atoms. The molecule has 1 aromatic carbocycles. The number of carbonyl (C=O) groups excluding carboxylic acids is 1. The molecule has 0 radical (unpaired) electrons. The summed E-state index contributed by atoms with van der Waals surface area (Å²) in [6.07, 6.45) is 1.55. The highest BCUT2D eigenvalue weighted by molar-refractivity contribution is 9.10. The smallest absolute Gasteiger partial charge is 0.187 e. The molecule has 2 rings (SSSR count). The van der Waals surface area contributed by atoms with Crippen LogP contribution in [0.25, 0.3) is 0 Å². The van der Waals surface area contributed by atoms with Crippen molar-refractivity contribution in [3.05, 3.63) is 46.0 Å². The Bertz CT molecular complexity index is 604. The Morgan fingerprint density at radius 3 is 2.45 bits per heavy atom. The summed E-state index contributed by atoms with van der Waals surface area (Å²) in [5.74, 6) is 1.71. The molecule has 0 saturated heterocycles. The van der Waals surface area contributed by atoms with Crippen molar-refractivity contribution >= 4 is 21.7 Å². The van der Waals surface area contributed by atoms with Gasteiger partial charge in [0, 0.05) is 22.9 Å². The lowest BCUT2D eigenvalue weighted by Gasteiger charge is -2.13. The number of rotatable bonds is 5. The summed E-state index contributed by atoms with van der Waals surface area (Å²) in [6, 6.07) is 7.07. The van der Waals surface area contributed by atoms with Gasteiger partial charge in [-0.3, -0.25) is 4.79 Å². The first-order valence-corrected chi connectivity index (χ1v) is 7.60. The van der Waals surface area contributed by atoms with Crippen LogP contribution in [0.1, 0.15) is 48.8 Å². The van der Waals surface area contributed by atoms with E-state index < -0.39 is 0 Å². The SMILES string of the molecule is CCc1nc(CC)n(C(C)C(=O)c2ccc(Br)cc2)n1. The number of aryl methyl sites for hydroxylation is 2. The van der Waals surface area contributed by atoms with Crippen molar-refractivity contribution < 1.29 is 4.79 Å². The fraction of sp³-hybridized carbons (Fsp3) is 0.400. The standard InChI is InChI=1S/C15H18BrN3O/c1-4-13-17-14(5-2)19(18-13)10(3)15(20)11-6-8-12(16)9-7-11/h6-10H,4-5H2,1-3H3. The van der Waals surface area contributed by atoms with Gasteiger partial charge >= 0.3 is 0 Å². The zero-order chi connectivity index (χ0) is 14.7. The fourth-order valence-corrected chi connectivity index (χ4v) is 2.34. The lowest BCUT2D eigenvalue weighted by molar-refractivity contribution is 0.0926. The maximum absolute atomic E-state index is 12.5. The van der Waals surface area contributed by atoms with E-state index in [2.05, 4.69) is 26.0 Å². The number of Topliss-reactive ketones (excluding diaryl/α,β-unsaturated/α-hetero) is 1. The predicted octanol–water partition coefficient (Wildman–Crippen LogP) is 3.61. The van der Waals surface area contributed by atoms with Gasteiger partial charge in [-0.25, -0.2) is 9.67 Å². The summed E-state index contributed by atoms with van der Waals surface area (Å²) in [4.78, 5) is 17.0. The quantitative estimate of drug-likeness (QED) is 0.784. The van der Waals surface area contributed by atoms with Crippen LogP contribution >= 0.6 is 15.9 Å². The second-order valence-corrected chi connectivity index (χ2v) is 5.56. The van der Waals surface area contributed by atoms with Gasteiger partial charge in [-0.1, -0.05) is 41.9 Å². The van der Waals surface area contributed by atoms with Gasteiger partial charge in [-0.15, -0.1) is 0 Å². The van der Waals surface area contributed by atoms with Crippen LogP contribution in [0.15, 0.2) is 28.7 Å². The van der Waals surface area contributed by atoms with Crippen LogP contribution in [0.5, 0.6) is 0 Å². The molecule has 0 N–H and O–H groups in total. The summed E-state index contributed by atoms with van der Waals surface area (Å²) < 4.78 is 2.72. The Labute approximate surface area is 127 Å². The van der Waals surface area contributed by atoms with Gasteiger partial charge in [-0.05, 0) is 19.1 Å². The molecule has 1 heterocycles. The van der Waals surface area contributed by atoms with E-state index in [1.54, 1.807) is 4.68 Å². The highest BCUT2D eigenvalue weighted by Gasteiger charge is 2.21. The second-order valence-electron chi connectivity index (χ2n) is 4.64. The largest absolute Gasteiger partial charge is 0.292 e.